The summed E-state index contributed by atoms with van der Waals surface area (Å²) < 4.78 is 14.2. The molecule has 4 rings (SSSR count). The molecule has 1 unspecified atom stereocenters. The second-order valence-electron chi connectivity index (χ2n) is 5.80. The summed E-state index contributed by atoms with van der Waals surface area (Å²) >= 11 is 0. The summed E-state index contributed by atoms with van der Waals surface area (Å²) in [6, 6.07) is 5.35. The van der Waals surface area contributed by atoms with Crippen LogP contribution < -0.4 is 5.32 Å². The Balaban J connectivity index is 1.84. The van der Waals surface area contributed by atoms with Crippen LogP contribution in [0.25, 0.3) is 0 Å². The van der Waals surface area contributed by atoms with E-state index in [4.69, 9.17) is 0 Å². The third-order valence-corrected chi connectivity index (χ3v) is 4.78. The third-order valence-electron chi connectivity index (χ3n) is 4.78. The average Bonchev–Trinajstić information content (AvgIpc) is 2.45. The lowest BCUT2D eigenvalue weighted by atomic mass is 9.80. The van der Waals surface area contributed by atoms with Crippen molar-refractivity contribution in [3.8, 4) is 0 Å². The van der Waals surface area contributed by atoms with Gasteiger partial charge in [-0.2, -0.15) is 0 Å². The number of amides is 1. The molecule has 3 heterocycles. The van der Waals surface area contributed by atoms with Crippen molar-refractivity contribution in [2.45, 2.75) is 43.8 Å². The van der Waals surface area contributed by atoms with E-state index in [1.807, 2.05) is 11.0 Å². The van der Waals surface area contributed by atoms with Gasteiger partial charge in [0.1, 0.15) is 5.82 Å². The van der Waals surface area contributed by atoms with E-state index in [-0.39, 0.29) is 29.8 Å². The Labute approximate surface area is 111 Å². The number of benzene rings is 1. The number of nitrogens with zero attached hydrogens (tertiary/aromatic N) is 1. The summed E-state index contributed by atoms with van der Waals surface area (Å²) in [5, 5.41) is 3.41. The molecular formula is C15H17FN2O. The van der Waals surface area contributed by atoms with Crippen LogP contribution in [0, 0.1) is 5.82 Å². The fourth-order valence-electron chi connectivity index (χ4n) is 3.94. The molecule has 0 aromatic heterocycles. The molecule has 100 valence electrons. The minimum absolute atomic E-state index is 0.0386. The zero-order valence-electron chi connectivity index (χ0n) is 10.7. The highest BCUT2D eigenvalue weighted by Crippen LogP contribution is 2.40. The van der Waals surface area contributed by atoms with E-state index >= 15 is 0 Å². The zero-order chi connectivity index (χ0) is 13.0. The van der Waals surface area contributed by atoms with E-state index in [1.165, 1.54) is 6.07 Å². The number of rotatable bonds is 0. The van der Waals surface area contributed by atoms with Crippen LogP contribution in [0.3, 0.4) is 0 Å². The summed E-state index contributed by atoms with van der Waals surface area (Å²) in [7, 11) is 0. The monoisotopic (exact) mass is 260 g/mol. The maximum atomic E-state index is 14.2. The maximum absolute atomic E-state index is 14.2. The van der Waals surface area contributed by atoms with Crippen molar-refractivity contribution in [2.75, 3.05) is 6.54 Å². The van der Waals surface area contributed by atoms with Gasteiger partial charge in [0.15, 0.2) is 0 Å². The van der Waals surface area contributed by atoms with E-state index in [0.29, 0.717) is 0 Å². The van der Waals surface area contributed by atoms with Crippen molar-refractivity contribution in [1.82, 2.24) is 10.2 Å². The summed E-state index contributed by atoms with van der Waals surface area (Å²) in [5.74, 6) is 0.000626. The molecule has 19 heavy (non-hydrogen) atoms. The summed E-state index contributed by atoms with van der Waals surface area (Å²) in [6.07, 6.45) is 3.78. The summed E-state index contributed by atoms with van der Waals surface area (Å²) in [5.41, 5.74) is 1.82. The highest BCUT2D eigenvalue weighted by molar-refractivity contribution is 5.84. The normalized spacial score (nSPS) is 32.8. The van der Waals surface area contributed by atoms with Crippen molar-refractivity contribution in [3.63, 3.8) is 0 Å². The molecule has 1 aromatic rings. The zero-order valence-corrected chi connectivity index (χ0v) is 10.7. The summed E-state index contributed by atoms with van der Waals surface area (Å²) in [4.78, 5) is 14.3. The Bertz CT molecular complexity index is 545. The number of nitrogens with one attached hydrogen (secondary N) is 1. The quantitative estimate of drug-likeness (QED) is 0.771. The highest BCUT2D eigenvalue weighted by atomic mass is 19.1. The van der Waals surface area contributed by atoms with Crippen molar-refractivity contribution >= 4 is 5.91 Å². The molecule has 2 fully saturated rings. The number of fused-ring (bicyclic) bond motifs is 6. The largest absolute Gasteiger partial charge is 0.332 e. The first-order valence-corrected chi connectivity index (χ1v) is 7.09. The molecule has 3 nitrogen and oxygen atoms in total. The number of carbonyl (C=O) groups excluding carboxylic acids is 1. The first kappa shape index (κ1) is 11.4. The Morgan fingerprint density at radius 1 is 1.32 bits per heavy atom. The van der Waals surface area contributed by atoms with Crippen LogP contribution in [0.2, 0.25) is 0 Å². The molecule has 3 aliphatic rings. The molecular weight excluding hydrogens is 243 g/mol. The molecule has 1 aromatic carbocycles. The molecule has 1 N–H and O–H groups in total. The average molecular weight is 260 g/mol. The minimum Gasteiger partial charge on any atom is -0.332 e. The van der Waals surface area contributed by atoms with Gasteiger partial charge in [0.2, 0.25) is 5.91 Å². The van der Waals surface area contributed by atoms with Crippen molar-refractivity contribution in [1.29, 1.82) is 0 Å². The van der Waals surface area contributed by atoms with Gasteiger partial charge in [0.05, 0.1) is 12.1 Å². The number of carbonyl (C=O) groups is 1. The molecule has 4 heteroatoms. The van der Waals surface area contributed by atoms with Gasteiger partial charge >= 0.3 is 0 Å². The second-order valence-corrected chi connectivity index (χ2v) is 5.80. The fraction of sp³-hybridized carbons (Fsp3) is 0.533. The van der Waals surface area contributed by atoms with Gasteiger partial charge in [-0.15, -0.1) is 0 Å². The Morgan fingerprint density at radius 3 is 3.11 bits per heavy atom. The van der Waals surface area contributed by atoms with Gasteiger partial charge in [-0.3, -0.25) is 4.79 Å². The van der Waals surface area contributed by atoms with Gasteiger partial charge < -0.3 is 10.2 Å². The topological polar surface area (TPSA) is 32.3 Å². The van der Waals surface area contributed by atoms with Crippen LogP contribution in [-0.4, -0.2) is 29.4 Å². The van der Waals surface area contributed by atoms with Gasteiger partial charge in [0.25, 0.3) is 0 Å². The first-order chi connectivity index (χ1) is 9.25. The minimum atomic E-state index is -0.161. The predicted molar refractivity (Wildman–Crippen MR) is 69.1 cm³/mol. The number of piperazine rings is 1. The predicted octanol–water partition coefficient (Wildman–Crippen LogP) is 1.78. The molecule has 3 aliphatic heterocycles. The maximum Gasteiger partial charge on any atom is 0.240 e. The standard InChI is InChI=1S/C15H17FN2O/c16-10-4-1-3-9-7-8-18-14(13(9)10)11-5-2-6-12(17-11)15(18)19/h1,3-4,11-12,14,17H,2,5-8H2/t11-,12+,14?/m1/s1. The van der Waals surface area contributed by atoms with E-state index in [1.54, 1.807) is 6.07 Å². The molecule has 1 amide bonds. The van der Waals surface area contributed by atoms with Gasteiger partial charge in [-0.1, -0.05) is 12.1 Å². The first-order valence-electron chi connectivity index (χ1n) is 7.09. The summed E-state index contributed by atoms with van der Waals surface area (Å²) in [6.45, 7) is 0.731. The van der Waals surface area contributed by atoms with Crippen LogP contribution in [0.15, 0.2) is 18.2 Å². The number of hydrogen-bond acceptors (Lipinski definition) is 2. The van der Waals surface area contributed by atoms with E-state index in [2.05, 4.69) is 5.32 Å². The lowest BCUT2D eigenvalue weighted by Gasteiger charge is -2.50. The smallest absolute Gasteiger partial charge is 0.240 e. The number of halogens is 1. The Hall–Kier alpha value is -1.42. The molecule has 0 spiro atoms. The third kappa shape index (κ3) is 1.56. The van der Waals surface area contributed by atoms with Crippen LogP contribution in [0.1, 0.15) is 36.4 Å². The van der Waals surface area contributed by atoms with Crippen molar-refractivity contribution in [3.05, 3.63) is 35.1 Å². The van der Waals surface area contributed by atoms with E-state index < -0.39 is 0 Å². The number of hydrogen-bond donors (Lipinski definition) is 1. The molecule has 0 radical (unpaired) electrons. The van der Waals surface area contributed by atoms with Crippen LogP contribution in [0.4, 0.5) is 4.39 Å². The van der Waals surface area contributed by atoms with E-state index in [0.717, 1.165) is 43.4 Å². The van der Waals surface area contributed by atoms with Gasteiger partial charge in [-0.05, 0) is 37.3 Å². The van der Waals surface area contributed by atoms with Crippen LogP contribution >= 0.6 is 0 Å². The van der Waals surface area contributed by atoms with Crippen molar-refractivity contribution in [2.24, 2.45) is 0 Å². The van der Waals surface area contributed by atoms with Crippen LogP contribution in [0.5, 0.6) is 0 Å². The fourth-order valence-corrected chi connectivity index (χ4v) is 3.94. The molecule has 2 saturated heterocycles. The molecule has 3 atom stereocenters. The van der Waals surface area contributed by atoms with Crippen LogP contribution in [-0.2, 0) is 11.2 Å². The molecule has 2 bridgehead atoms. The lowest BCUT2D eigenvalue weighted by Crippen LogP contribution is -2.64. The van der Waals surface area contributed by atoms with Gasteiger partial charge in [-0.25, -0.2) is 4.39 Å². The lowest BCUT2D eigenvalue weighted by molar-refractivity contribution is -0.143. The Kier molecular flexibility index (Phi) is 2.42. The van der Waals surface area contributed by atoms with Crippen molar-refractivity contribution < 1.29 is 9.18 Å². The van der Waals surface area contributed by atoms with Gasteiger partial charge in [0, 0.05) is 18.2 Å². The highest BCUT2D eigenvalue weighted by Gasteiger charge is 2.46. The molecule has 0 saturated carbocycles. The van der Waals surface area contributed by atoms with E-state index in [9.17, 15) is 9.18 Å². The Morgan fingerprint density at radius 2 is 2.21 bits per heavy atom. The second kappa shape index (κ2) is 4.04. The molecule has 0 aliphatic carbocycles. The number of piperidine rings is 1. The SMILES string of the molecule is O=C1[C@@H]2CCC[C@@H](N2)C2c3c(F)cccc3CCN12.